The van der Waals surface area contributed by atoms with Crippen LogP contribution in [0.2, 0.25) is 0 Å². The Kier molecular flexibility index (Phi) is 7.81. The van der Waals surface area contributed by atoms with E-state index in [9.17, 15) is 4.79 Å². The lowest BCUT2D eigenvalue weighted by molar-refractivity contribution is -0.148. The molecule has 1 unspecified atom stereocenters. The van der Waals surface area contributed by atoms with E-state index in [1.165, 1.54) is 0 Å². The third kappa shape index (κ3) is 7.26. The van der Waals surface area contributed by atoms with Crippen LogP contribution in [0.5, 0.6) is 5.75 Å². The maximum atomic E-state index is 11.4. The van der Waals surface area contributed by atoms with Gasteiger partial charge in [-0.15, -0.1) is 0 Å². The van der Waals surface area contributed by atoms with Gasteiger partial charge in [0, 0.05) is 6.42 Å². The first-order valence-electron chi connectivity index (χ1n) is 7.07. The molecule has 4 nitrogen and oxygen atoms in total. The van der Waals surface area contributed by atoms with E-state index in [-0.39, 0.29) is 12.1 Å². The van der Waals surface area contributed by atoms with Crippen molar-refractivity contribution < 1.29 is 19.0 Å². The van der Waals surface area contributed by atoms with Crippen LogP contribution in [0, 0.1) is 12.0 Å². The molecule has 0 saturated carbocycles. The Morgan fingerprint density at radius 2 is 2.00 bits per heavy atom. The van der Waals surface area contributed by atoms with Gasteiger partial charge in [-0.25, -0.2) is 0 Å². The van der Waals surface area contributed by atoms with Gasteiger partial charge in [0.25, 0.3) is 0 Å². The summed E-state index contributed by atoms with van der Waals surface area (Å²) in [5.74, 6) is 3.40. The summed E-state index contributed by atoms with van der Waals surface area (Å²) in [7, 11) is 1.63. The topological polar surface area (TPSA) is 44.8 Å². The Morgan fingerprint density at radius 3 is 2.62 bits per heavy atom. The number of hydrogen-bond donors (Lipinski definition) is 0. The third-order valence-corrected chi connectivity index (χ3v) is 2.90. The second kappa shape index (κ2) is 9.71. The molecule has 0 amide bonds. The van der Waals surface area contributed by atoms with E-state index in [1.54, 1.807) is 7.11 Å². The first-order chi connectivity index (χ1) is 10.2. The summed E-state index contributed by atoms with van der Waals surface area (Å²) in [6.07, 6.45) is 4.12. The summed E-state index contributed by atoms with van der Waals surface area (Å²) in [5, 5.41) is 0. The minimum Gasteiger partial charge on any atom is -0.497 e. The maximum absolute atomic E-state index is 11.4. The summed E-state index contributed by atoms with van der Waals surface area (Å²) in [4.78, 5) is 11.4. The molecule has 21 heavy (non-hydrogen) atoms. The van der Waals surface area contributed by atoms with Crippen LogP contribution in [0.25, 0.3) is 0 Å². The first kappa shape index (κ1) is 16.9. The Labute approximate surface area is 126 Å². The van der Waals surface area contributed by atoms with E-state index < -0.39 is 0 Å². The molecule has 0 aliphatic heterocycles. The highest BCUT2D eigenvalue weighted by Crippen LogP contribution is 2.11. The second-order valence-corrected chi connectivity index (χ2v) is 4.62. The number of hydrogen-bond acceptors (Lipinski definition) is 4. The molecule has 1 aromatic rings. The van der Waals surface area contributed by atoms with Crippen molar-refractivity contribution in [1.82, 2.24) is 0 Å². The summed E-state index contributed by atoms with van der Waals surface area (Å²) in [5.41, 5.74) is 1.02. The number of methoxy groups -OCH3 is 1. The Balaban J connectivity index is 2.19. The van der Waals surface area contributed by atoms with E-state index in [0.717, 1.165) is 17.7 Å². The highest BCUT2D eigenvalue weighted by atomic mass is 16.5. The van der Waals surface area contributed by atoms with Crippen molar-refractivity contribution in [2.24, 2.45) is 0 Å². The lowest BCUT2D eigenvalue weighted by Gasteiger charge is -2.09. The minimum absolute atomic E-state index is 0.0308. The molecule has 1 aromatic carbocycles. The SMILES string of the molecule is CCC(C)OC(=O)CCC#COCc1ccc(OC)cc1. The Hall–Kier alpha value is -2.15. The van der Waals surface area contributed by atoms with Crippen LogP contribution in [0.15, 0.2) is 24.3 Å². The summed E-state index contributed by atoms with van der Waals surface area (Å²) >= 11 is 0. The lowest BCUT2D eigenvalue weighted by atomic mass is 10.2. The molecule has 0 fully saturated rings. The van der Waals surface area contributed by atoms with Gasteiger partial charge >= 0.3 is 5.97 Å². The van der Waals surface area contributed by atoms with Gasteiger partial charge < -0.3 is 14.2 Å². The molecule has 114 valence electrons. The van der Waals surface area contributed by atoms with E-state index >= 15 is 0 Å². The second-order valence-electron chi connectivity index (χ2n) is 4.62. The van der Waals surface area contributed by atoms with Crippen LogP contribution >= 0.6 is 0 Å². The van der Waals surface area contributed by atoms with Gasteiger partial charge in [-0.05, 0) is 31.0 Å². The molecule has 4 heteroatoms. The van der Waals surface area contributed by atoms with Crippen molar-refractivity contribution >= 4 is 5.97 Å². The third-order valence-electron chi connectivity index (χ3n) is 2.90. The summed E-state index contributed by atoms with van der Waals surface area (Å²) < 4.78 is 15.4. The van der Waals surface area contributed by atoms with Crippen molar-refractivity contribution in [1.29, 1.82) is 0 Å². The van der Waals surface area contributed by atoms with Crippen LogP contribution in [-0.4, -0.2) is 19.2 Å². The number of carbonyl (C=O) groups is 1. The number of benzene rings is 1. The number of ether oxygens (including phenoxy) is 3. The fourth-order valence-corrected chi connectivity index (χ4v) is 1.47. The smallest absolute Gasteiger partial charge is 0.307 e. The van der Waals surface area contributed by atoms with Gasteiger partial charge in [0.05, 0.1) is 19.6 Å². The molecular weight excluding hydrogens is 268 g/mol. The zero-order chi connectivity index (χ0) is 15.5. The largest absolute Gasteiger partial charge is 0.497 e. The molecule has 0 N–H and O–H groups in total. The molecule has 0 radical (unpaired) electrons. The standard InChI is InChI=1S/C17H22O4/c1-4-14(2)21-17(18)7-5-6-12-20-13-15-8-10-16(19-3)11-9-15/h8-11,14H,4-5,7,13H2,1-3H3. The van der Waals surface area contributed by atoms with E-state index in [2.05, 4.69) is 12.0 Å². The zero-order valence-electron chi connectivity index (χ0n) is 12.8. The van der Waals surface area contributed by atoms with Crippen LogP contribution in [0.3, 0.4) is 0 Å². The highest BCUT2D eigenvalue weighted by Gasteiger charge is 2.05. The summed E-state index contributed by atoms with van der Waals surface area (Å²) in [6.45, 7) is 4.26. The van der Waals surface area contributed by atoms with Gasteiger partial charge in [-0.3, -0.25) is 4.79 Å². The molecule has 0 heterocycles. The monoisotopic (exact) mass is 290 g/mol. The van der Waals surface area contributed by atoms with Gasteiger partial charge in [0.2, 0.25) is 0 Å². The molecular formula is C17H22O4. The van der Waals surface area contributed by atoms with Gasteiger partial charge in [0.1, 0.15) is 18.5 Å². The zero-order valence-corrected chi connectivity index (χ0v) is 12.8. The number of rotatable bonds is 7. The number of carbonyl (C=O) groups excluding carboxylic acids is 1. The lowest BCUT2D eigenvalue weighted by Crippen LogP contribution is -2.13. The van der Waals surface area contributed by atoms with Gasteiger partial charge in [-0.1, -0.05) is 25.0 Å². The highest BCUT2D eigenvalue weighted by molar-refractivity contribution is 5.69. The van der Waals surface area contributed by atoms with Crippen LogP contribution < -0.4 is 4.74 Å². The number of esters is 1. The minimum atomic E-state index is -0.214. The molecule has 0 saturated heterocycles. The molecule has 0 bridgehead atoms. The van der Waals surface area contributed by atoms with Crippen LogP contribution in [0.4, 0.5) is 0 Å². The van der Waals surface area contributed by atoms with E-state index in [4.69, 9.17) is 14.2 Å². The maximum Gasteiger partial charge on any atom is 0.307 e. The van der Waals surface area contributed by atoms with Crippen molar-refractivity contribution in [3.8, 4) is 17.8 Å². The molecule has 0 spiro atoms. The molecule has 0 aliphatic carbocycles. The van der Waals surface area contributed by atoms with Crippen molar-refractivity contribution in [2.45, 2.75) is 45.8 Å². The van der Waals surface area contributed by atoms with Crippen LogP contribution in [0.1, 0.15) is 38.7 Å². The van der Waals surface area contributed by atoms with E-state index in [0.29, 0.717) is 19.4 Å². The fourth-order valence-electron chi connectivity index (χ4n) is 1.47. The Bertz CT molecular complexity index is 482. The normalized spacial score (nSPS) is 11.0. The predicted molar refractivity (Wildman–Crippen MR) is 80.6 cm³/mol. The average Bonchev–Trinajstić information content (AvgIpc) is 2.51. The van der Waals surface area contributed by atoms with Gasteiger partial charge in [0.15, 0.2) is 0 Å². The fraction of sp³-hybridized carbons (Fsp3) is 0.471. The van der Waals surface area contributed by atoms with Gasteiger partial charge in [-0.2, -0.15) is 0 Å². The molecule has 0 aromatic heterocycles. The molecule has 1 atom stereocenters. The molecule has 1 rings (SSSR count). The first-order valence-corrected chi connectivity index (χ1v) is 7.07. The Morgan fingerprint density at radius 1 is 1.29 bits per heavy atom. The average molecular weight is 290 g/mol. The van der Waals surface area contributed by atoms with E-state index in [1.807, 2.05) is 38.1 Å². The van der Waals surface area contributed by atoms with Crippen LogP contribution in [-0.2, 0) is 20.9 Å². The van der Waals surface area contributed by atoms with Crippen molar-refractivity contribution in [3.05, 3.63) is 29.8 Å². The van der Waals surface area contributed by atoms with Crippen molar-refractivity contribution in [3.63, 3.8) is 0 Å². The van der Waals surface area contributed by atoms with Crippen molar-refractivity contribution in [2.75, 3.05) is 7.11 Å². The quantitative estimate of drug-likeness (QED) is 0.571. The molecule has 0 aliphatic rings. The summed E-state index contributed by atoms with van der Waals surface area (Å²) in [6, 6.07) is 7.59. The predicted octanol–water partition coefficient (Wildman–Crippen LogP) is 3.29.